The SMILES string of the molecule is C[I-]C1(C)CCC(C(C)C)CC1. The number of rotatable bonds is 2. The van der Waals surface area contributed by atoms with Crippen LogP contribution in [0.4, 0.5) is 0 Å². The summed E-state index contributed by atoms with van der Waals surface area (Å²) in [6.45, 7) is 7.28. The van der Waals surface area contributed by atoms with E-state index in [0.29, 0.717) is 21.2 Å². The molecule has 0 aliphatic heterocycles. The van der Waals surface area contributed by atoms with Crippen LogP contribution < -0.4 is 21.2 Å². The molecular weight excluding hydrogens is 259 g/mol. The third-order valence-electron chi connectivity index (χ3n) is 3.47. The van der Waals surface area contributed by atoms with E-state index >= 15 is 0 Å². The molecule has 12 heavy (non-hydrogen) atoms. The molecule has 1 heteroatoms. The summed E-state index contributed by atoms with van der Waals surface area (Å²) in [6, 6.07) is 0. The van der Waals surface area contributed by atoms with Gasteiger partial charge in [-0.05, 0) is 0 Å². The van der Waals surface area contributed by atoms with Crippen molar-refractivity contribution in [1.82, 2.24) is 0 Å². The zero-order chi connectivity index (χ0) is 9.19. The van der Waals surface area contributed by atoms with Crippen LogP contribution in [0.25, 0.3) is 0 Å². The fourth-order valence-corrected chi connectivity index (χ4v) is 3.80. The van der Waals surface area contributed by atoms with Crippen LogP contribution in [-0.4, -0.2) is 8.35 Å². The first-order chi connectivity index (χ1) is 5.57. The second-order valence-corrected chi connectivity index (χ2v) is 8.37. The van der Waals surface area contributed by atoms with Crippen LogP contribution in [-0.2, 0) is 0 Å². The fraction of sp³-hybridized carbons (Fsp3) is 1.00. The third-order valence-corrected chi connectivity index (χ3v) is 7.15. The first kappa shape index (κ1) is 10.8. The van der Waals surface area contributed by atoms with Gasteiger partial charge in [-0.2, -0.15) is 0 Å². The average Bonchev–Trinajstić information content (AvgIpc) is 2.05. The average molecular weight is 281 g/mol. The van der Waals surface area contributed by atoms with E-state index in [0.717, 1.165) is 15.3 Å². The van der Waals surface area contributed by atoms with Gasteiger partial charge in [0, 0.05) is 0 Å². The molecule has 1 aliphatic rings. The molecule has 0 aromatic heterocycles. The Morgan fingerprint density at radius 3 is 2.08 bits per heavy atom. The summed E-state index contributed by atoms with van der Waals surface area (Å²) in [6.07, 6.45) is 6.03. The van der Waals surface area contributed by atoms with Crippen molar-refractivity contribution in [3.63, 3.8) is 0 Å². The molecule has 0 unspecified atom stereocenters. The molecule has 0 saturated heterocycles. The molecule has 0 spiro atoms. The topological polar surface area (TPSA) is 0 Å². The van der Waals surface area contributed by atoms with E-state index in [1.54, 1.807) is 0 Å². The Morgan fingerprint density at radius 2 is 1.75 bits per heavy atom. The van der Waals surface area contributed by atoms with Crippen LogP contribution in [0.2, 0.25) is 0 Å². The second kappa shape index (κ2) is 4.30. The summed E-state index contributed by atoms with van der Waals surface area (Å²) in [5.41, 5.74) is 0. The molecule has 1 rings (SSSR count). The molecule has 0 heterocycles. The molecule has 0 nitrogen and oxygen atoms in total. The van der Waals surface area contributed by atoms with Crippen molar-refractivity contribution in [2.45, 2.75) is 49.9 Å². The van der Waals surface area contributed by atoms with Gasteiger partial charge < -0.3 is 0 Å². The molecule has 1 fully saturated rings. The molecule has 0 amide bonds. The van der Waals surface area contributed by atoms with Crippen molar-refractivity contribution in [2.24, 2.45) is 11.8 Å². The third kappa shape index (κ3) is 2.61. The van der Waals surface area contributed by atoms with Gasteiger partial charge in [-0.1, -0.05) is 0 Å². The summed E-state index contributed by atoms with van der Waals surface area (Å²) in [4.78, 5) is 2.45. The van der Waals surface area contributed by atoms with Gasteiger partial charge >= 0.3 is 87.8 Å². The van der Waals surface area contributed by atoms with Crippen LogP contribution in [0.5, 0.6) is 0 Å². The number of alkyl halides is 2. The van der Waals surface area contributed by atoms with Gasteiger partial charge in [0.1, 0.15) is 0 Å². The predicted octanol–water partition coefficient (Wildman–Crippen LogP) is 0.310. The summed E-state index contributed by atoms with van der Waals surface area (Å²) < 4.78 is 0.796. The molecule has 0 bridgehead atoms. The Morgan fingerprint density at radius 1 is 1.25 bits per heavy atom. The van der Waals surface area contributed by atoms with Gasteiger partial charge in [0.2, 0.25) is 0 Å². The number of hydrogen-bond acceptors (Lipinski definition) is 0. The van der Waals surface area contributed by atoms with E-state index < -0.39 is 0 Å². The summed E-state index contributed by atoms with van der Waals surface area (Å²) in [7, 11) is 0. The number of halogens is 1. The van der Waals surface area contributed by atoms with E-state index in [-0.39, 0.29) is 0 Å². The van der Waals surface area contributed by atoms with Gasteiger partial charge in [-0.15, -0.1) is 0 Å². The van der Waals surface area contributed by atoms with Crippen molar-refractivity contribution >= 4 is 0 Å². The van der Waals surface area contributed by atoms with E-state index in [4.69, 9.17) is 0 Å². The van der Waals surface area contributed by atoms with Gasteiger partial charge in [-0.3, -0.25) is 0 Å². The van der Waals surface area contributed by atoms with Crippen LogP contribution >= 0.6 is 0 Å². The van der Waals surface area contributed by atoms with Crippen LogP contribution in [0, 0.1) is 11.8 Å². The molecule has 0 atom stereocenters. The van der Waals surface area contributed by atoms with Crippen molar-refractivity contribution in [2.75, 3.05) is 4.93 Å². The Bertz CT molecular complexity index is 132. The van der Waals surface area contributed by atoms with E-state index in [1.165, 1.54) is 25.7 Å². The maximum absolute atomic E-state index is 2.51. The van der Waals surface area contributed by atoms with Crippen molar-refractivity contribution in [3.05, 3.63) is 0 Å². The Balaban J connectivity index is 2.39. The second-order valence-electron chi connectivity index (χ2n) is 4.68. The predicted molar refractivity (Wildman–Crippen MR) is 51.1 cm³/mol. The minimum absolute atomic E-state index is 0.463. The molecule has 0 N–H and O–H groups in total. The minimum atomic E-state index is 0.463. The monoisotopic (exact) mass is 281 g/mol. The molecule has 74 valence electrons. The zero-order valence-electron chi connectivity index (χ0n) is 8.86. The Kier molecular flexibility index (Phi) is 3.87. The molecule has 1 saturated carbocycles. The van der Waals surface area contributed by atoms with E-state index in [9.17, 15) is 0 Å². The van der Waals surface area contributed by atoms with Crippen molar-refractivity contribution in [3.8, 4) is 0 Å². The fourth-order valence-electron chi connectivity index (χ4n) is 2.10. The molecule has 0 radical (unpaired) electrons. The van der Waals surface area contributed by atoms with Gasteiger partial charge in [0.25, 0.3) is 0 Å². The normalized spacial score (nSPS) is 37.6. The molecule has 0 aromatic rings. The van der Waals surface area contributed by atoms with E-state index in [1.807, 2.05) is 0 Å². The van der Waals surface area contributed by atoms with Crippen LogP contribution in [0.15, 0.2) is 0 Å². The standard InChI is InChI=1S/C11H22I/c1-9(2)10-5-7-11(3,12-4)8-6-10/h9-10H,5-8H2,1-4H3/q-1. The Labute approximate surface area is 87.8 Å². The zero-order valence-corrected chi connectivity index (χ0v) is 11.0. The van der Waals surface area contributed by atoms with Crippen LogP contribution in [0.3, 0.4) is 0 Å². The first-order valence-corrected chi connectivity index (χ1v) is 8.31. The molecule has 0 aromatic carbocycles. The van der Waals surface area contributed by atoms with Gasteiger partial charge in [0.05, 0.1) is 0 Å². The molecule has 1 aliphatic carbocycles. The van der Waals surface area contributed by atoms with Crippen molar-refractivity contribution < 1.29 is 21.2 Å². The van der Waals surface area contributed by atoms with E-state index in [2.05, 4.69) is 25.7 Å². The van der Waals surface area contributed by atoms with Crippen molar-refractivity contribution in [1.29, 1.82) is 0 Å². The Hall–Kier alpha value is 0.730. The summed E-state index contributed by atoms with van der Waals surface area (Å²) in [5.74, 6) is 1.96. The van der Waals surface area contributed by atoms with Gasteiger partial charge in [-0.25, -0.2) is 0 Å². The van der Waals surface area contributed by atoms with Crippen LogP contribution in [0.1, 0.15) is 46.5 Å². The number of hydrogen-bond donors (Lipinski definition) is 0. The maximum atomic E-state index is 2.51. The first-order valence-electron chi connectivity index (χ1n) is 5.08. The summed E-state index contributed by atoms with van der Waals surface area (Å²) in [5, 5.41) is 0. The van der Waals surface area contributed by atoms with Gasteiger partial charge in [0.15, 0.2) is 0 Å². The quantitative estimate of drug-likeness (QED) is 0.505. The molecular formula is C11H22I-. The summed E-state index contributed by atoms with van der Waals surface area (Å²) >= 11 is 0.463.